The minimum Gasteiger partial charge on any atom is -0.305 e. The van der Waals surface area contributed by atoms with Gasteiger partial charge in [0.25, 0.3) is 0 Å². The van der Waals surface area contributed by atoms with Gasteiger partial charge in [-0.3, -0.25) is 4.68 Å². The van der Waals surface area contributed by atoms with Crippen LogP contribution >= 0.6 is 11.3 Å². The monoisotopic (exact) mass is 304 g/mol. The van der Waals surface area contributed by atoms with Crippen LogP contribution in [0, 0.1) is 6.92 Å². The summed E-state index contributed by atoms with van der Waals surface area (Å²) in [6.45, 7) is 9.65. The van der Waals surface area contributed by atoms with Crippen molar-refractivity contribution in [3.63, 3.8) is 0 Å². The Balaban J connectivity index is 1.78. The Kier molecular flexibility index (Phi) is 3.88. The molecule has 0 fully saturated rings. The zero-order valence-electron chi connectivity index (χ0n) is 13.3. The molecule has 0 spiro atoms. The number of aryl methyl sites for hydroxylation is 1. The normalized spacial score (nSPS) is 18.8. The molecule has 0 aliphatic heterocycles. The molecule has 2 aromatic rings. The molecule has 1 aliphatic rings. The number of nitrogens with zero attached hydrogens (tertiary/aromatic N) is 3. The molecule has 1 N–H and O–H groups in total. The van der Waals surface area contributed by atoms with Crippen LogP contribution in [-0.4, -0.2) is 14.8 Å². The number of aromatic nitrogens is 3. The van der Waals surface area contributed by atoms with Crippen LogP contribution in [0.5, 0.6) is 0 Å². The molecule has 5 heteroatoms. The fourth-order valence-electron chi connectivity index (χ4n) is 3.06. The zero-order valence-corrected chi connectivity index (χ0v) is 14.1. The minimum atomic E-state index is 0.0593. The lowest BCUT2D eigenvalue weighted by Gasteiger charge is -2.28. The third-order valence-corrected chi connectivity index (χ3v) is 5.11. The molecule has 1 atom stereocenters. The van der Waals surface area contributed by atoms with E-state index in [1.807, 2.05) is 5.51 Å². The van der Waals surface area contributed by atoms with Gasteiger partial charge in [-0.1, -0.05) is 0 Å². The van der Waals surface area contributed by atoms with E-state index in [1.165, 1.54) is 29.0 Å². The summed E-state index contributed by atoms with van der Waals surface area (Å²) < 4.78 is 2.20. The fourth-order valence-corrected chi connectivity index (χ4v) is 3.79. The molecular weight excluding hydrogens is 280 g/mol. The first-order valence-corrected chi connectivity index (χ1v) is 8.54. The van der Waals surface area contributed by atoms with Crippen molar-refractivity contribution in [3.05, 3.63) is 33.5 Å². The van der Waals surface area contributed by atoms with Crippen LogP contribution in [0.3, 0.4) is 0 Å². The molecular formula is C16H24N4S. The predicted molar refractivity (Wildman–Crippen MR) is 86.6 cm³/mol. The molecule has 114 valence electrons. The maximum atomic E-state index is 4.65. The first kappa shape index (κ1) is 14.7. The van der Waals surface area contributed by atoms with Gasteiger partial charge >= 0.3 is 0 Å². The van der Waals surface area contributed by atoms with Gasteiger partial charge < -0.3 is 5.32 Å². The molecule has 21 heavy (non-hydrogen) atoms. The summed E-state index contributed by atoms with van der Waals surface area (Å²) >= 11 is 1.73. The van der Waals surface area contributed by atoms with Crippen LogP contribution in [0.15, 0.2) is 11.7 Å². The highest BCUT2D eigenvalue weighted by molar-refractivity contribution is 7.09. The summed E-state index contributed by atoms with van der Waals surface area (Å²) in [6.07, 6.45) is 5.64. The van der Waals surface area contributed by atoms with E-state index in [0.717, 1.165) is 18.7 Å². The quantitative estimate of drug-likeness (QED) is 0.942. The largest absolute Gasteiger partial charge is 0.305 e. The highest BCUT2D eigenvalue weighted by atomic mass is 32.1. The summed E-state index contributed by atoms with van der Waals surface area (Å²) in [6, 6.07) is 0.423. The molecule has 0 radical (unpaired) electrons. The lowest BCUT2D eigenvalue weighted by Crippen LogP contribution is -2.29. The molecule has 3 rings (SSSR count). The Bertz CT molecular complexity index is 621. The van der Waals surface area contributed by atoms with Gasteiger partial charge in [0.05, 0.1) is 22.9 Å². The molecule has 2 heterocycles. The number of hydrogen-bond donors (Lipinski definition) is 1. The van der Waals surface area contributed by atoms with E-state index in [4.69, 9.17) is 0 Å². The van der Waals surface area contributed by atoms with E-state index in [1.54, 1.807) is 11.3 Å². The smallest absolute Gasteiger partial charge is 0.0798 e. The van der Waals surface area contributed by atoms with Crippen molar-refractivity contribution >= 4 is 11.3 Å². The Morgan fingerprint density at radius 3 is 2.90 bits per heavy atom. The van der Waals surface area contributed by atoms with Crippen LogP contribution in [0.1, 0.15) is 61.5 Å². The summed E-state index contributed by atoms with van der Waals surface area (Å²) in [5.41, 5.74) is 5.93. The van der Waals surface area contributed by atoms with Crippen LogP contribution in [0.2, 0.25) is 0 Å². The van der Waals surface area contributed by atoms with Crippen molar-refractivity contribution in [2.24, 2.45) is 0 Å². The van der Waals surface area contributed by atoms with Gasteiger partial charge in [-0.15, -0.1) is 11.3 Å². The first-order valence-electron chi connectivity index (χ1n) is 7.66. The Hall–Kier alpha value is -1.20. The van der Waals surface area contributed by atoms with E-state index in [9.17, 15) is 0 Å². The van der Waals surface area contributed by atoms with Crippen molar-refractivity contribution in [3.8, 4) is 0 Å². The highest BCUT2D eigenvalue weighted by Crippen LogP contribution is 2.32. The van der Waals surface area contributed by atoms with E-state index < -0.39 is 0 Å². The third-order valence-electron chi connectivity index (χ3n) is 4.17. The SMILES string of the molecule is Cc1ncsc1CNC1CCCc2c1cnn2C(C)(C)C. The maximum Gasteiger partial charge on any atom is 0.0798 e. The summed E-state index contributed by atoms with van der Waals surface area (Å²) in [4.78, 5) is 5.66. The predicted octanol–water partition coefficient (Wildman–Crippen LogP) is 3.57. The first-order chi connectivity index (χ1) is 9.97. The zero-order chi connectivity index (χ0) is 15.0. The van der Waals surface area contributed by atoms with Crippen LogP contribution in [0.4, 0.5) is 0 Å². The van der Waals surface area contributed by atoms with Crippen LogP contribution in [-0.2, 0) is 18.5 Å². The van der Waals surface area contributed by atoms with E-state index >= 15 is 0 Å². The lowest BCUT2D eigenvalue weighted by molar-refractivity contribution is 0.334. The number of thiazole rings is 1. The highest BCUT2D eigenvalue weighted by Gasteiger charge is 2.27. The van der Waals surface area contributed by atoms with Gasteiger partial charge in [0.15, 0.2) is 0 Å². The van der Waals surface area contributed by atoms with Gasteiger partial charge in [0.2, 0.25) is 0 Å². The fraction of sp³-hybridized carbons (Fsp3) is 0.625. The number of nitrogens with one attached hydrogen (secondary N) is 1. The summed E-state index contributed by atoms with van der Waals surface area (Å²) in [7, 11) is 0. The van der Waals surface area contributed by atoms with Crippen molar-refractivity contribution in [1.29, 1.82) is 0 Å². The van der Waals surface area contributed by atoms with Gasteiger partial charge in [-0.2, -0.15) is 5.10 Å². The lowest BCUT2D eigenvalue weighted by atomic mass is 9.92. The van der Waals surface area contributed by atoms with Gasteiger partial charge in [0.1, 0.15) is 0 Å². The Labute approximate surface area is 130 Å². The topological polar surface area (TPSA) is 42.7 Å². The molecule has 4 nitrogen and oxygen atoms in total. The van der Waals surface area contributed by atoms with Crippen LogP contribution in [0.25, 0.3) is 0 Å². The third kappa shape index (κ3) is 2.90. The van der Waals surface area contributed by atoms with Gasteiger partial charge in [-0.25, -0.2) is 4.98 Å². The van der Waals surface area contributed by atoms with E-state index in [0.29, 0.717) is 6.04 Å². The average Bonchev–Trinajstić information content (AvgIpc) is 3.02. The van der Waals surface area contributed by atoms with Crippen molar-refractivity contribution in [1.82, 2.24) is 20.1 Å². The molecule has 0 saturated heterocycles. The molecule has 0 bridgehead atoms. The Morgan fingerprint density at radius 2 is 2.24 bits per heavy atom. The molecule has 0 saturated carbocycles. The summed E-state index contributed by atoms with van der Waals surface area (Å²) in [5.74, 6) is 0. The second-order valence-electron chi connectivity index (χ2n) is 6.82. The molecule has 0 aromatic carbocycles. The maximum absolute atomic E-state index is 4.65. The van der Waals surface area contributed by atoms with Crippen LogP contribution < -0.4 is 5.32 Å². The van der Waals surface area contributed by atoms with Crippen molar-refractivity contribution in [2.75, 3.05) is 0 Å². The number of fused-ring (bicyclic) bond motifs is 1. The minimum absolute atomic E-state index is 0.0593. The average molecular weight is 304 g/mol. The molecule has 2 aromatic heterocycles. The van der Waals surface area contributed by atoms with E-state index in [2.05, 4.69) is 54.0 Å². The van der Waals surface area contributed by atoms with Crippen molar-refractivity contribution < 1.29 is 0 Å². The molecule has 0 amide bonds. The van der Waals surface area contributed by atoms with E-state index in [-0.39, 0.29) is 5.54 Å². The van der Waals surface area contributed by atoms with Crippen molar-refractivity contribution in [2.45, 2.75) is 65.1 Å². The molecule has 1 unspecified atom stereocenters. The Morgan fingerprint density at radius 1 is 1.43 bits per heavy atom. The second-order valence-corrected chi connectivity index (χ2v) is 7.76. The number of hydrogen-bond acceptors (Lipinski definition) is 4. The molecule has 1 aliphatic carbocycles. The summed E-state index contributed by atoms with van der Waals surface area (Å²) in [5, 5.41) is 8.35. The van der Waals surface area contributed by atoms with Gasteiger partial charge in [0, 0.05) is 28.7 Å². The number of rotatable bonds is 3. The second kappa shape index (κ2) is 5.54. The van der Waals surface area contributed by atoms with Gasteiger partial charge in [-0.05, 0) is 47.0 Å². The standard InChI is InChI=1S/C16H24N4S/c1-11-15(21-10-18-11)9-17-13-6-5-7-14-12(13)8-19-20(14)16(2,3)4/h8,10,13,17H,5-7,9H2,1-4H3.